The highest BCUT2D eigenvalue weighted by atomic mass is 15.5. The van der Waals surface area contributed by atoms with Crippen LogP contribution < -0.4 is 5.73 Å². The molecule has 0 aliphatic carbocycles. The molecule has 0 aliphatic rings. The third-order valence-electron chi connectivity index (χ3n) is 5.94. The molecule has 1 heterocycles. The number of hydrogen-bond donors (Lipinski definition) is 1. The molecule has 0 unspecified atom stereocenters. The number of nitrogens with zero attached hydrogens (tertiary/aromatic N) is 3. The van der Waals surface area contributed by atoms with Gasteiger partial charge in [-0.15, -0.1) is 15.0 Å². The minimum Gasteiger partial charge on any atom is -0.397 e. The van der Waals surface area contributed by atoms with Gasteiger partial charge in [-0.3, -0.25) is 0 Å². The molecule has 0 radical (unpaired) electrons. The minimum atomic E-state index is -0.00869. The molecular weight excluding hydrogens is 320 g/mol. The van der Waals surface area contributed by atoms with Crippen LogP contribution in [0.5, 0.6) is 0 Å². The summed E-state index contributed by atoms with van der Waals surface area (Å²) >= 11 is 0. The number of nitrogens with two attached hydrogens (primary N) is 1. The van der Waals surface area contributed by atoms with Gasteiger partial charge in [-0.05, 0) is 53.0 Å². The van der Waals surface area contributed by atoms with Crippen LogP contribution in [0.3, 0.4) is 0 Å². The van der Waals surface area contributed by atoms with Crippen molar-refractivity contribution in [2.75, 3.05) is 5.73 Å². The summed E-state index contributed by atoms with van der Waals surface area (Å²) in [4.78, 5) is 1.70. The Balaban J connectivity index is 2.29. The summed E-state index contributed by atoms with van der Waals surface area (Å²) in [5.41, 5.74) is 12.6. The van der Waals surface area contributed by atoms with Gasteiger partial charge in [-0.1, -0.05) is 59.7 Å². The van der Waals surface area contributed by atoms with Crippen LogP contribution in [0, 0.1) is 0 Å². The first-order valence-electron chi connectivity index (χ1n) is 9.46. The van der Waals surface area contributed by atoms with Crippen LogP contribution in [0.25, 0.3) is 16.7 Å². The number of benzene rings is 2. The van der Waals surface area contributed by atoms with Gasteiger partial charge in [-0.25, -0.2) is 0 Å². The third kappa shape index (κ3) is 3.09. The van der Waals surface area contributed by atoms with Crippen molar-refractivity contribution in [2.45, 2.75) is 65.2 Å². The third-order valence-corrected chi connectivity index (χ3v) is 5.94. The van der Waals surface area contributed by atoms with Crippen molar-refractivity contribution in [3.8, 4) is 5.69 Å². The second-order valence-corrected chi connectivity index (χ2v) is 8.41. The number of rotatable bonds is 5. The average molecular weight is 351 g/mol. The van der Waals surface area contributed by atoms with Gasteiger partial charge in [0.15, 0.2) is 0 Å². The molecule has 3 aromatic rings. The van der Waals surface area contributed by atoms with Gasteiger partial charge < -0.3 is 5.73 Å². The van der Waals surface area contributed by atoms with E-state index in [1.165, 1.54) is 11.1 Å². The topological polar surface area (TPSA) is 56.7 Å². The second-order valence-electron chi connectivity index (χ2n) is 8.41. The van der Waals surface area contributed by atoms with Crippen molar-refractivity contribution in [3.05, 3.63) is 47.5 Å². The van der Waals surface area contributed by atoms with Crippen LogP contribution in [-0.4, -0.2) is 15.0 Å². The molecule has 0 atom stereocenters. The molecule has 0 amide bonds. The van der Waals surface area contributed by atoms with E-state index in [0.29, 0.717) is 0 Å². The summed E-state index contributed by atoms with van der Waals surface area (Å²) in [6.07, 6.45) is 2.07. The van der Waals surface area contributed by atoms with Crippen molar-refractivity contribution in [1.82, 2.24) is 15.0 Å². The van der Waals surface area contributed by atoms with Gasteiger partial charge in [0.25, 0.3) is 0 Å². The Morgan fingerprint density at radius 2 is 1.42 bits per heavy atom. The summed E-state index contributed by atoms with van der Waals surface area (Å²) in [6, 6.07) is 12.4. The predicted octanol–water partition coefficient (Wildman–Crippen LogP) is 5.38. The minimum absolute atomic E-state index is 0.00869. The van der Waals surface area contributed by atoms with Crippen LogP contribution in [0.2, 0.25) is 0 Å². The Kier molecular flexibility index (Phi) is 4.55. The first kappa shape index (κ1) is 18.4. The second kappa shape index (κ2) is 6.42. The maximum Gasteiger partial charge on any atom is 0.113 e. The Morgan fingerprint density at radius 1 is 0.885 bits per heavy atom. The van der Waals surface area contributed by atoms with Gasteiger partial charge >= 0.3 is 0 Å². The van der Waals surface area contributed by atoms with Crippen molar-refractivity contribution >= 4 is 16.7 Å². The van der Waals surface area contributed by atoms with Gasteiger partial charge in [0.05, 0.1) is 5.69 Å². The standard InChI is InChI=1S/C22H30N4/c1-7-21(3,4)15-13-16(22(5,6)8-2)20(23)19(14-15)26-24-17-11-9-10-12-18(17)25-26/h9-14H,7-8,23H2,1-6H3. The van der Waals surface area contributed by atoms with Crippen molar-refractivity contribution in [1.29, 1.82) is 0 Å². The summed E-state index contributed by atoms with van der Waals surface area (Å²) in [5, 5.41) is 9.33. The molecule has 0 aliphatic heterocycles. The molecular formula is C22H30N4. The summed E-state index contributed by atoms with van der Waals surface area (Å²) in [7, 11) is 0. The highest BCUT2D eigenvalue weighted by Crippen LogP contribution is 2.39. The normalized spacial score (nSPS) is 12.7. The van der Waals surface area contributed by atoms with E-state index < -0.39 is 0 Å². The molecule has 0 saturated heterocycles. The van der Waals surface area contributed by atoms with Gasteiger partial charge in [-0.2, -0.15) is 0 Å². The maximum absolute atomic E-state index is 6.65. The molecule has 0 spiro atoms. The smallest absolute Gasteiger partial charge is 0.113 e. The highest BCUT2D eigenvalue weighted by molar-refractivity contribution is 5.74. The van der Waals surface area contributed by atoms with Crippen LogP contribution in [0.1, 0.15) is 65.5 Å². The maximum atomic E-state index is 6.65. The van der Waals surface area contributed by atoms with E-state index in [4.69, 9.17) is 5.73 Å². The number of nitrogen functional groups attached to an aromatic ring is 1. The zero-order valence-electron chi connectivity index (χ0n) is 16.8. The monoisotopic (exact) mass is 350 g/mol. The van der Waals surface area contributed by atoms with E-state index >= 15 is 0 Å². The summed E-state index contributed by atoms with van der Waals surface area (Å²) in [5.74, 6) is 0. The fourth-order valence-electron chi connectivity index (χ4n) is 3.12. The van der Waals surface area contributed by atoms with Crippen molar-refractivity contribution < 1.29 is 0 Å². The fraction of sp³-hybridized carbons (Fsp3) is 0.455. The molecule has 0 fully saturated rings. The quantitative estimate of drug-likeness (QED) is 0.629. The largest absolute Gasteiger partial charge is 0.397 e. The van der Waals surface area contributed by atoms with Crippen LogP contribution in [0.15, 0.2) is 36.4 Å². The molecule has 138 valence electrons. The molecule has 0 bridgehead atoms. The summed E-state index contributed by atoms with van der Waals surface area (Å²) < 4.78 is 0. The molecule has 4 heteroatoms. The predicted molar refractivity (Wildman–Crippen MR) is 110 cm³/mol. The molecule has 0 saturated carbocycles. The SMILES string of the molecule is CCC(C)(C)c1cc(-n2nc3ccccc3n2)c(N)c(C(C)(C)CC)c1. The lowest BCUT2D eigenvalue weighted by Crippen LogP contribution is -2.23. The Bertz CT molecular complexity index is 901. The first-order valence-corrected chi connectivity index (χ1v) is 9.46. The fourth-order valence-corrected chi connectivity index (χ4v) is 3.12. The van der Waals surface area contributed by atoms with Crippen molar-refractivity contribution in [3.63, 3.8) is 0 Å². The highest BCUT2D eigenvalue weighted by Gasteiger charge is 2.28. The Hall–Kier alpha value is -2.36. The molecule has 2 N–H and O–H groups in total. The lowest BCUT2D eigenvalue weighted by atomic mass is 9.75. The van der Waals surface area contributed by atoms with Gasteiger partial charge in [0, 0.05) is 0 Å². The average Bonchev–Trinajstić information content (AvgIpc) is 3.05. The van der Waals surface area contributed by atoms with E-state index in [0.717, 1.165) is 35.2 Å². The van der Waals surface area contributed by atoms with Crippen LogP contribution >= 0.6 is 0 Å². The van der Waals surface area contributed by atoms with E-state index in [1.807, 2.05) is 24.3 Å². The van der Waals surface area contributed by atoms with E-state index in [-0.39, 0.29) is 10.8 Å². The molecule has 2 aromatic carbocycles. The molecule has 3 rings (SSSR count). The zero-order valence-corrected chi connectivity index (χ0v) is 16.8. The number of hydrogen-bond acceptors (Lipinski definition) is 3. The summed E-state index contributed by atoms with van der Waals surface area (Å²) in [6.45, 7) is 13.5. The molecule has 26 heavy (non-hydrogen) atoms. The first-order chi connectivity index (χ1) is 12.2. The van der Waals surface area contributed by atoms with E-state index in [2.05, 4.69) is 63.9 Å². The Morgan fingerprint density at radius 3 is 1.92 bits per heavy atom. The Labute approximate surface area is 156 Å². The van der Waals surface area contributed by atoms with Crippen LogP contribution in [-0.2, 0) is 10.8 Å². The number of aromatic nitrogens is 3. The van der Waals surface area contributed by atoms with E-state index in [9.17, 15) is 0 Å². The number of fused-ring (bicyclic) bond motifs is 1. The lowest BCUT2D eigenvalue weighted by molar-refractivity contribution is 0.489. The van der Waals surface area contributed by atoms with Gasteiger partial charge in [0.1, 0.15) is 16.7 Å². The van der Waals surface area contributed by atoms with Gasteiger partial charge in [0.2, 0.25) is 0 Å². The molecule has 1 aromatic heterocycles. The number of anilines is 1. The van der Waals surface area contributed by atoms with E-state index in [1.54, 1.807) is 4.80 Å². The molecule has 4 nitrogen and oxygen atoms in total. The van der Waals surface area contributed by atoms with Crippen LogP contribution in [0.4, 0.5) is 5.69 Å². The zero-order chi connectivity index (χ0) is 19.1. The lowest BCUT2D eigenvalue weighted by Gasteiger charge is -2.31. The van der Waals surface area contributed by atoms with Crippen molar-refractivity contribution in [2.24, 2.45) is 0 Å².